The highest BCUT2D eigenvalue weighted by molar-refractivity contribution is 5.89. The van der Waals surface area contributed by atoms with Gasteiger partial charge >= 0.3 is 6.09 Å². The zero-order valence-corrected chi connectivity index (χ0v) is 15.0. The molecule has 6 heteroatoms. The number of carbonyl (C=O) groups is 1. The van der Waals surface area contributed by atoms with Crippen LogP contribution in [0.4, 0.5) is 26.2 Å². The van der Waals surface area contributed by atoms with E-state index in [1.54, 1.807) is 24.3 Å². The van der Waals surface area contributed by atoms with Crippen molar-refractivity contribution in [2.45, 2.75) is 19.0 Å². The average Bonchev–Trinajstić information content (AvgIpc) is 2.65. The minimum Gasteiger partial charge on any atom is -0.448 e. The Labute approximate surface area is 159 Å². The summed E-state index contributed by atoms with van der Waals surface area (Å²) < 4.78 is 18.2. The van der Waals surface area contributed by atoms with Gasteiger partial charge in [0.2, 0.25) is 0 Å². The SMILES string of the molecule is C#CCCOC(=O)Nc1ccc(N(CC#C)CC2=CCC(F)C=C2)cc1N. The fourth-order valence-corrected chi connectivity index (χ4v) is 2.53. The molecule has 5 nitrogen and oxygen atoms in total. The zero-order valence-electron chi connectivity index (χ0n) is 15.0. The molecule has 1 aliphatic carbocycles. The molecule has 1 aromatic carbocycles. The maximum atomic E-state index is 13.2. The second-order valence-corrected chi connectivity index (χ2v) is 5.94. The Hall–Kier alpha value is -3.38. The lowest BCUT2D eigenvalue weighted by Crippen LogP contribution is -2.26. The molecule has 0 spiro atoms. The molecule has 0 radical (unpaired) electrons. The van der Waals surface area contributed by atoms with E-state index < -0.39 is 12.3 Å². The molecule has 0 saturated carbocycles. The Balaban J connectivity index is 2.06. The van der Waals surface area contributed by atoms with E-state index in [1.165, 1.54) is 6.08 Å². The largest absolute Gasteiger partial charge is 0.448 e. The number of carbonyl (C=O) groups excluding carboxylic acids is 1. The van der Waals surface area contributed by atoms with E-state index in [4.69, 9.17) is 23.3 Å². The highest BCUT2D eigenvalue weighted by Crippen LogP contribution is 2.27. The number of hydrogen-bond donors (Lipinski definition) is 2. The summed E-state index contributed by atoms with van der Waals surface area (Å²) in [6, 6.07) is 5.20. The van der Waals surface area contributed by atoms with Gasteiger partial charge in [-0.1, -0.05) is 24.1 Å². The normalized spacial score (nSPS) is 15.2. The van der Waals surface area contributed by atoms with Gasteiger partial charge in [0.05, 0.1) is 17.9 Å². The number of allylic oxidation sites excluding steroid dienone is 2. The first kappa shape index (κ1) is 19.9. The van der Waals surface area contributed by atoms with E-state index in [-0.39, 0.29) is 6.61 Å². The van der Waals surface area contributed by atoms with Gasteiger partial charge in [-0.25, -0.2) is 9.18 Å². The summed E-state index contributed by atoms with van der Waals surface area (Å²) in [7, 11) is 0. The van der Waals surface area contributed by atoms with Crippen LogP contribution < -0.4 is 16.0 Å². The lowest BCUT2D eigenvalue weighted by molar-refractivity contribution is 0.164. The monoisotopic (exact) mass is 367 g/mol. The molecule has 2 rings (SSSR count). The molecule has 1 amide bonds. The van der Waals surface area contributed by atoms with Crippen molar-refractivity contribution in [3.05, 3.63) is 42.0 Å². The van der Waals surface area contributed by atoms with Gasteiger partial charge in [-0.05, 0) is 23.8 Å². The van der Waals surface area contributed by atoms with Gasteiger partial charge in [-0.3, -0.25) is 5.32 Å². The van der Waals surface area contributed by atoms with Crippen LogP contribution in [0, 0.1) is 24.7 Å². The first-order valence-electron chi connectivity index (χ1n) is 8.50. The molecule has 0 saturated heterocycles. The molecular formula is C21H22FN3O2. The molecule has 0 heterocycles. The molecule has 0 aromatic heterocycles. The van der Waals surface area contributed by atoms with E-state index in [0.29, 0.717) is 37.3 Å². The van der Waals surface area contributed by atoms with Crippen molar-refractivity contribution < 1.29 is 13.9 Å². The Morgan fingerprint density at radius 1 is 1.41 bits per heavy atom. The fraction of sp³-hybridized carbons (Fsp3) is 0.286. The van der Waals surface area contributed by atoms with Crippen LogP contribution in [0.1, 0.15) is 12.8 Å². The number of nitrogens with one attached hydrogen (secondary N) is 1. The van der Waals surface area contributed by atoms with Crippen molar-refractivity contribution in [1.29, 1.82) is 0 Å². The van der Waals surface area contributed by atoms with Crippen LogP contribution in [-0.4, -0.2) is 32.0 Å². The number of alkyl halides is 1. The summed E-state index contributed by atoms with van der Waals surface area (Å²) in [6.45, 7) is 1.04. The lowest BCUT2D eigenvalue weighted by Gasteiger charge is -2.25. The number of ether oxygens (including phenoxy) is 1. The van der Waals surface area contributed by atoms with E-state index in [1.807, 2.05) is 11.0 Å². The van der Waals surface area contributed by atoms with Crippen LogP contribution >= 0.6 is 0 Å². The number of nitrogens with zero attached hydrogens (tertiary/aromatic N) is 1. The number of nitrogen functional groups attached to an aromatic ring is 1. The van der Waals surface area contributed by atoms with Crippen LogP contribution in [0.15, 0.2) is 42.0 Å². The van der Waals surface area contributed by atoms with Crippen LogP contribution in [0.3, 0.4) is 0 Å². The third-order valence-corrected chi connectivity index (χ3v) is 3.90. The third kappa shape index (κ3) is 6.13. The van der Waals surface area contributed by atoms with Crippen molar-refractivity contribution in [1.82, 2.24) is 0 Å². The van der Waals surface area contributed by atoms with E-state index in [0.717, 1.165) is 11.3 Å². The predicted molar refractivity (Wildman–Crippen MR) is 107 cm³/mol. The van der Waals surface area contributed by atoms with E-state index in [2.05, 4.69) is 17.2 Å². The molecule has 0 aliphatic heterocycles. The first-order valence-corrected chi connectivity index (χ1v) is 8.50. The Kier molecular flexibility index (Phi) is 7.34. The minimum atomic E-state index is -0.934. The third-order valence-electron chi connectivity index (χ3n) is 3.90. The smallest absolute Gasteiger partial charge is 0.411 e. The molecule has 1 aliphatic rings. The summed E-state index contributed by atoms with van der Waals surface area (Å²) in [5.74, 6) is 5.00. The number of anilines is 3. The molecule has 140 valence electrons. The Bertz CT molecular complexity index is 818. The molecule has 1 aromatic rings. The summed E-state index contributed by atoms with van der Waals surface area (Å²) in [5, 5.41) is 2.58. The number of amides is 1. The maximum absolute atomic E-state index is 13.2. The fourth-order valence-electron chi connectivity index (χ4n) is 2.53. The van der Waals surface area contributed by atoms with Crippen molar-refractivity contribution >= 4 is 23.2 Å². The molecule has 1 atom stereocenters. The Morgan fingerprint density at radius 3 is 2.85 bits per heavy atom. The number of hydrogen-bond acceptors (Lipinski definition) is 4. The highest BCUT2D eigenvalue weighted by Gasteiger charge is 2.13. The molecule has 27 heavy (non-hydrogen) atoms. The number of nitrogens with two attached hydrogens (primary N) is 1. The second-order valence-electron chi connectivity index (χ2n) is 5.94. The van der Waals surface area contributed by atoms with Crippen molar-refractivity contribution in [3.8, 4) is 24.7 Å². The van der Waals surface area contributed by atoms with Crippen molar-refractivity contribution in [3.63, 3.8) is 0 Å². The number of terminal acetylenes is 2. The average molecular weight is 367 g/mol. The number of halogens is 1. The molecule has 3 N–H and O–H groups in total. The van der Waals surface area contributed by atoms with Gasteiger partial charge in [0.15, 0.2) is 0 Å². The van der Waals surface area contributed by atoms with Crippen LogP contribution in [0.5, 0.6) is 0 Å². The number of benzene rings is 1. The molecule has 0 bridgehead atoms. The van der Waals surface area contributed by atoms with Gasteiger partial charge in [0.1, 0.15) is 12.8 Å². The summed E-state index contributed by atoms with van der Waals surface area (Å²) in [6.07, 6.45) is 14.9. The van der Waals surface area contributed by atoms with Crippen LogP contribution in [0.2, 0.25) is 0 Å². The molecule has 1 unspecified atom stereocenters. The zero-order chi connectivity index (χ0) is 19.6. The topological polar surface area (TPSA) is 67.6 Å². The number of rotatable bonds is 7. The first-order chi connectivity index (χ1) is 13.0. The van der Waals surface area contributed by atoms with Gasteiger partial charge in [-0.15, -0.1) is 18.8 Å². The van der Waals surface area contributed by atoms with Gasteiger partial charge < -0.3 is 15.4 Å². The minimum absolute atomic E-state index is 0.138. The maximum Gasteiger partial charge on any atom is 0.411 e. The van der Waals surface area contributed by atoms with Crippen LogP contribution in [0.25, 0.3) is 0 Å². The van der Waals surface area contributed by atoms with Gasteiger partial charge in [0, 0.05) is 25.1 Å². The second kappa shape index (κ2) is 9.94. The summed E-state index contributed by atoms with van der Waals surface area (Å²) in [4.78, 5) is 13.7. The van der Waals surface area contributed by atoms with E-state index in [9.17, 15) is 9.18 Å². The van der Waals surface area contributed by atoms with Gasteiger partial charge in [0.25, 0.3) is 0 Å². The Morgan fingerprint density at radius 2 is 2.22 bits per heavy atom. The van der Waals surface area contributed by atoms with Crippen LogP contribution in [-0.2, 0) is 4.74 Å². The summed E-state index contributed by atoms with van der Waals surface area (Å²) in [5.41, 5.74) is 8.64. The molecular weight excluding hydrogens is 345 g/mol. The highest BCUT2D eigenvalue weighted by atomic mass is 19.1. The van der Waals surface area contributed by atoms with Gasteiger partial charge in [-0.2, -0.15) is 0 Å². The standard InChI is InChI=1S/C21H22FN3O2/c1-3-5-13-27-21(26)24-20-11-10-18(14-19(20)23)25(12-4-2)15-16-6-8-17(22)9-7-16/h1-2,6-8,10-11,14,17H,5,9,12-13,15,23H2,(H,24,26). The molecule has 0 fully saturated rings. The van der Waals surface area contributed by atoms with Crippen molar-refractivity contribution in [2.24, 2.45) is 0 Å². The quantitative estimate of drug-likeness (QED) is 0.440. The summed E-state index contributed by atoms with van der Waals surface area (Å²) >= 11 is 0. The predicted octanol–water partition coefficient (Wildman–Crippen LogP) is 3.50. The lowest BCUT2D eigenvalue weighted by atomic mass is 10.1. The van der Waals surface area contributed by atoms with Crippen molar-refractivity contribution in [2.75, 3.05) is 35.6 Å². The van der Waals surface area contributed by atoms with E-state index >= 15 is 0 Å².